The molecule has 12 heteroatoms. The standard InChI is InChI=1S/C25H38N4O8/c1-17(28-24(34)36-16-18-11-7-6-8-12-18)21(31)29-19(22(32)27-15-20(30)35-5)13-9-10-14-26-23(33)37-25(2,3)4/h6-8,11-12,17,19H,9-10,13-16H2,1-5H3,(H,26,33)(H,27,32)(H,28,34)(H,29,31)/t17-,19-/m0/s1. The minimum absolute atomic E-state index is 0.0386. The van der Waals surface area contributed by atoms with Crippen LogP contribution in [0.3, 0.4) is 0 Å². The molecular weight excluding hydrogens is 484 g/mol. The van der Waals surface area contributed by atoms with Crippen molar-refractivity contribution in [3.8, 4) is 0 Å². The zero-order valence-electron chi connectivity index (χ0n) is 22.1. The first-order chi connectivity index (χ1) is 17.4. The van der Waals surface area contributed by atoms with Crippen LogP contribution in [-0.2, 0) is 35.2 Å². The van der Waals surface area contributed by atoms with Gasteiger partial charge in [0.05, 0.1) is 7.11 Å². The van der Waals surface area contributed by atoms with Crippen LogP contribution in [0.15, 0.2) is 30.3 Å². The lowest BCUT2D eigenvalue weighted by Crippen LogP contribution is -2.53. The maximum atomic E-state index is 12.6. The highest BCUT2D eigenvalue weighted by Gasteiger charge is 2.25. The summed E-state index contributed by atoms with van der Waals surface area (Å²) in [5.41, 5.74) is 0.175. The summed E-state index contributed by atoms with van der Waals surface area (Å²) < 4.78 is 14.8. The lowest BCUT2D eigenvalue weighted by atomic mass is 10.1. The smallest absolute Gasteiger partial charge is 0.408 e. The van der Waals surface area contributed by atoms with Crippen LogP contribution in [0.4, 0.5) is 9.59 Å². The van der Waals surface area contributed by atoms with Crippen molar-refractivity contribution in [2.75, 3.05) is 20.2 Å². The Bertz CT molecular complexity index is 902. The van der Waals surface area contributed by atoms with Gasteiger partial charge in [-0.1, -0.05) is 30.3 Å². The largest absolute Gasteiger partial charge is 0.468 e. The molecule has 0 aliphatic carbocycles. The van der Waals surface area contributed by atoms with Gasteiger partial charge in [-0.15, -0.1) is 0 Å². The second-order valence-electron chi connectivity index (χ2n) is 9.21. The lowest BCUT2D eigenvalue weighted by molar-refractivity contribution is -0.141. The number of hydrogen-bond acceptors (Lipinski definition) is 8. The minimum Gasteiger partial charge on any atom is -0.468 e. The Kier molecular flexibility index (Phi) is 13.5. The third-order valence-electron chi connectivity index (χ3n) is 4.80. The van der Waals surface area contributed by atoms with Gasteiger partial charge in [-0.25, -0.2) is 9.59 Å². The number of rotatable bonds is 13. The van der Waals surface area contributed by atoms with Gasteiger partial charge in [0.15, 0.2) is 0 Å². The van der Waals surface area contributed by atoms with Gasteiger partial charge in [0.25, 0.3) is 0 Å². The average molecular weight is 523 g/mol. The van der Waals surface area contributed by atoms with Gasteiger partial charge in [-0.2, -0.15) is 0 Å². The molecule has 0 unspecified atom stereocenters. The highest BCUT2D eigenvalue weighted by molar-refractivity contribution is 5.92. The number of esters is 1. The SMILES string of the molecule is COC(=O)CNC(=O)[C@H](CCCCNC(=O)OC(C)(C)C)NC(=O)[C@H](C)NC(=O)OCc1ccccc1. The quantitative estimate of drug-likeness (QED) is 0.173. The molecule has 0 spiro atoms. The van der Waals surface area contributed by atoms with Gasteiger partial charge >= 0.3 is 18.2 Å². The zero-order chi connectivity index (χ0) is 27.8. The molecular formula is C25H38N4O8. The van der Waals surface area contributed by atoms with Gasteiger partial charge in [-0.05, 0) is 52.5 Å². The maximum Gasteiger partial charge on any atom is 0.408 e. The number of hydrogen-bond donors (Lipinski definition) is 4. The number of carbonyl (C=O) groups is 5. The van der Waals surface area contributed by atoms with Crippen LogP contribution < -0.4 is 21.3 Å². The van der Waals surface area contributed by atoms with E-state index in [0.29, 0.717) is 19.4 Å². The van der Waals surface area contributed by atoms with Crippen LogP contribution in [0.25, 0.3) is 0 Å². The number of benzene rings is 1. The molecule has 0 fully saturated rings. The van der Waals surface area contributed by atoms with E-state index in [1.165, 1.54) is 14.0 Å². The van der Waals surface area contributed by atoms with Crippen LogP contribution in [0.1, 0.15) is 52.5 Å². The van der Waals surface area contributed by atoms with Crippen molar-refractivity contribution in [3.05, 3.63) is 35.9 Å². The van der Waals surface area contributed by atoms with Gasteiger partial charge in [-0.3, -0.25) is 14.4 Å². The van der Waals surface area contributed by atoms with Gasteiger partial charge in [0.1, 0.15) is 30.8 Å². The number of alkyl carbamates (subject to hydrolysis) is 2. The van der Waals surface area contributed by atoms with Crippen LogP contribution in [0, 0.1) is 0 Å². The predicted molar refractivity (Wildman–Crippen MR) is 134 cm³/mol. The second kappa shape index (κ2) is 16.0. The van der Waals surface area contributed by atoms with Crippen molar-refractivity contribution in [2.45, 2.75) is 71.2 Å². The highest BCUT2D eigenvalue weighted by atomic mass is 16.6. The molecule has 0 aliphatic rings. The third-order valence-corrected chi connectivity index (χ3v) is 4.80. The first kappa shape index (κ1) is 31.2. The van der Waals surface area contributed by atoms with Gasteiger partial charge in [0, 0.05) is 6.54 Å². The molecule has 0 aliphatic heterocycles. The molecule has 0 heterocycles. The van der Waals surface area contributed by atoms with E-state index in [1.807, 2.05) is 18.2 Å². The fraction of sp³-hybridized carbons (Fsp3) is 0.560. The first-order valence-corrected chi connectivity index (χ1v) is 12.0. The molecule has 1 rings (SSSR count). The molecule has 1 aromatic carbocycles. The van der Waals surface area contributed by atoms with Crippen molar-refractivity contribution in [3.63, 3.8) is 0 Å². The molecule has 0 radical (unpaired) electrons. The number of carbonyl (C=O) groups excluding carboxylic acids is 5. The normalized spacial score (nSPS) is 12.4. The molecule has 1 aromatic rings. The minimum atomic E-state index is -0.993. The van der Waals surface area contributed by atoms with E-state index in [2.05, 4.69) is 26.0 Å². The van der Waals surface area contributed by atoms with E-state index in [0.717, 1.165) is 5.56 Å². The second-order valence-corrected chi connectivity index (χ2v) is 9.21. The van der Waals surface area contributed by atoms with Crippen LogP contribution in [-0.4, -0.2) is 67.9 Å². The summed E-state index contributed by atoms with van der Waals surface area (Å²) in [5, 5.41) is 10.0. The van der Waals surface area contributed by atoms with E-state index >= 15 is 0 Å². The highest BCUT2D eigenvalue weighted by Crippen LogP contribution is 2.07. The van der Waals surface area contributed by atoms with Crippen molar-refractivity contribution >= 4 is 30.0 Å². The summed E-state index contributed by atoms with van der Waals surface area (Å²) in [4.78, 5) is 60.4. The molecule has 0 saturated heterocycles. The summed E-state index contributed by atoms with van der Waals surface area (Å²) in [6.07, 6.45) is -0.137. The molecule has 0 bridgehead atoms. The molecule has 0 aromatic heterocycles. The van der Waals surface area contributed by atoms with Crippen molar-refractivity contribution in [1.82, 2.24) is 21.3 Å². The van der Waals surface area contributed by atoms with E-state index < -0.39 is 47.7 Å². The fourth-order valence-electron chi connectivity index (χ4n) is 2.91. The molecule has 206 valence electrons. The summed E-state index contributed by atoms with van der Waals surface area (Å²) in [5.74, 6) is -1.84. The molecule has 2 atom stereocenters. The fourth-order valence-corrected chi connectivity index (χ4v) is 2.91. The average Bonchev–Trinajstić information content (AvgIpc) is 2.84. The van der Waals surface area contributed by atoms with E-state index in [9.17, 15) is 24.0 Å². The van der Waals surface area contributed by atoms with Crippen LogP contribution in [0.2, 0.25) is 0 Å². The Balaban J connectivity index is 2.57. The Morgan fingerprint density at radius 3 is 2.19 bits per heavy atom. The predicted octanol–water partition coefficient (Wildman–Crippen LogP) is 1.77. The molecule has 37 heavy (non-hydrogen) atoms. The monoisotopic (exact) mass is 522 g/mol. The Morgan fingerprint density at radius 2 is 1.57 bits per heavy atom. The molecule has 4 N–H and O–H groups in total. The number of methoxy groups -OCH3 is 1. The topological polar surface area (TPSA) is 161 Å². The van der Waals surface area contributed by atoms with Crippen molar-refractivity contribution in [2.24, 2.45) is 0 Å². The Morgan fingerprint density at radius 1 is 0.892 bits per heavy atom. The lowest BCUT2D eigenvalue weighted by Gasteiger charge is -2.21. The molecule has 4 amide bonds. The number of nitrogens with one attached hydrogen (secondary N) is 4. The Hall–Kier alpha value is -3.83. The Labute approximate surface area is 217 Å². The van der Waals surface area contributed by atoms with E-state index in [-0.39, 0.29) is 19.6 Å². The molecule has 0 saturated carbocycles. The van der Waals surface area contributed by atoms with Gasteiger partial charge < -0.3 is 35.5 Å². The zero-order valence-corrected chi connectivity index (χ0v) is 22.1. The number of amides is 4. The van der Waals surface area contributed by atoms with Crippen molar-refractivity contribution < 1.29 is 38.2 Å². The first-order valence-electron chi connectivity index (χ1n) is 12.0. The van der Waals surface area contributed by atoms with E-state index in [1.54, 1.807) is 32.9 Å². The summed E-state index contributed by atoms with van der Waals surface area (Å²) in [6.45, 7) is 6.71. The van der Waals surface area contributed by atoms with Crippen LogP contribution >= 0.6 is 0 Å². The third kappa shape index (κ3) is 14.4. The van der Waals surface area contributed by atoms with Crippen molar-refractivity contribution in [1.29, 1.82) is 0 Å². The summed E-state index contributed by atoms with van der Waals surface area (Å²) >= 11 is 0. The maximum absolute atomic E-state index is 12.6. The van der Waals surface area contributed by atoms with Crippen LogP contribution in [0.5, 0.6) is 0 Å². The number of ether oxygens (including phenoxy) is 3. The number of unbranched alkanes of at least 4 members (excludes halogenated alkanes) is 1. The van der Waals surface area contributed by atoms with Gasteiger partial charge in [0.2, 0.25) is 11.8 Å². The molecule has 12 nitrogen and oxygen atoms in total. The summed E-state index contributed by atoms with van der Waals surface area (Å²) in [6, 6.07) is 7.08. The van der Waals surface area contributed by atoms with E-state index in [4.69, 9.17) is 9.47 Å². The summed E-state index contributed by atoms with van der Waals surface area (Å²) in [7, 11) is 1.19.